The predicted molar refractivity (Wildman–Crippen MR) is 28.8 cm³/mol. The molecule has 0 amide bonds. The average molecular weight is 99.2 g/mol. The molecule has 0 aromatic carbocycles. The zero-order valence-electron chi connectivity index (χ0n) is 4.43. The van der Waals surface area contributed by atoms with Crippen molar-refractivity contribution in [2.24, 2.45) is 0 Å². The largest absolute Gasteiger partial charge is 0.393 e. The van der Waals surface area contributed by atoms with E-state index in [1.54, 1.807) is 0 Å². The van der Waals surface area contributed by atoms with Crippen LogP contribution >= 0.6 is 0 Å². The molecule has 0 bridgehead atoms. The van der Waals surface area contributed by atoms with Crippen molar-refractivity contribution < 1.29 is 5.11 Å². The highest BCUT2D eigenvalue weighted by atomic mass is 16.3. The summed E-state index contributed by atoms with van der Waals surface area (Å²) in [5, 5.41) is 8.85. The van der Waals surface area contributed by atoms with Gasteiger partial charge in [-0.1, -0.05) is 12.8 Å². The Morgan fingerprint density at radius 3 is 2.57 bits per heavy atom. The lowest BCUT2D eigenvalue weighted by atomic mass is 9.98. The Hall–Kier alpha value is -0.0400. The van der Waals surface area contributed by atoms with Crippen molar-refractivity contribution in [1.29, 1.82) is 0 Å². The summed E-state index contributed by atoms with van der Waals surface area (Å²) in [4.78, 5) is 0. The van der Waals surface area contributed by atoms with Crippen molar-refractivity contribution in [3.63, 3.8) is 0 Å². The molecule has 1 nitrogen and oxygen atoms in total. The molecule has 7 heavy (non-hydrogen) atoms. The van der Waals surface area contributed by atoms with E-state index in [2.05, 4.69) is 0 Å². The molecule has 1 heteroatoms. The molecule has 1 aliphatic carbocycles. The van der Waals surface area contributed by atoms with Gasteiger partial charge in [-0.05, 0) is 19.3 Å². The minimum atomic E-state index is -0.0891. The fourth-order valence-corrected chi connectivity index (χ4v) is 0.926. The van der Waals surface area contributed by atoms with Crippen molar-refractivity contribution in [2.45, 2.75) is 31.8 Å². The van der Waals surface area contributed by atoms with Gasteiger partial charge in [-0.25, -0.2) is 0 Å². The van der Waals surface area contributed by atoms with Crippen LogP contribution in [-0.2, 0) is 0 Å². The third-order valence-electron chi connectivity index (χ3n) is 1.39. The minimum Gasteiger partial charge on any atom is -0.393 e. The van der Waals surface area contributed by atoms with E-state index in [4.69, 9.17) is 5.11 Å². The van der Waals surface area contributed by atoms with Gasteiger partial charge in [-0.15, -0.1) is 0 Å². The van der Waals surface area contributed by atoms with Gasteiger partial charge in [0, 0.05) is 0 Å². The maximum Gasteiger partial charge on any atom is 0.0572 e. The first kappa shape index (κ1) is 5.10. The molecular weight excluding hydrogens is 88.1 g/mol. The molecule has 41 valence electrons. The Morgan fingerprint density at radius 1 is 1.43 bits per heavy atom. The number of hydrogen-bond acceptors (Lipinski definition) is 1. The Labute approximate surface area is 44.4 Å². The fraction of sp³-hybridized carbons (Fsp3) is 0.833. The van der Waals surface area contributed by atoms with Crippen molar-refractivity contribution in [3.05, 3.63) is 6.42 Å². The highest BCUT2D eigenvalue weighted by Gasteiger charge is 2.08. The fourth-order valence-electron chi connectivity index (χ4n) is 0.926. The lowest BCUT2D eigenvalue weighted by Crippen LogP contribution is -2.10. The SMILES string of the molecule is O[C@@H]1[CH]CCCC1. The molecule has 0 saturated heterocycles. The summed E-state index contributed by atoms with van der Waals surface area (Å²) in [5.74, 6) is 0. The molecule has 0 aromatic heterocycles. The summed E-state index contributed by atoms with van der Waals surface area (Å²) >= 11 is 0. The van der Waals surface area contributed by atoms with E-state index < -0.39 is 0 Å². The van der Waals surface area contributed by atoms with E-state index in [0.29, 0.717) is 0 Å². The molecule has 1 aliphatic rings. The predicted octanol–water partition coefficient (Wildman–Crippen LogP) is 1.13. The molecule has 1 rings (SSSR count). The highest BCUT2D eigenvalue weighted by Crippen LogP contribution is 2.15. The van der Waals surface area contributed by atoms with Crippen LogP contribution in [0.1, 0.15) is 25.7 Å². The zero-order chi connectivity index (χ0) is 5.11. The maximum atomic E-state index is 8.85. The van der Waals surface area contributed by atoms with Gasteiger partial charge in [0.15, 0.2) is 0 Å². The standard InChI is InChI=1S/C6H11O/c7-6-4-2-1-3-5-6/h4,6-7H,1-3,5H2/t6-/m1/s1. The molecule has 0 unspecified atom stereocenters. The molecular formula is C6H11O. The molecule has 1 atom stereocenters. The van der Waals surface area contributed by atoms with Gasteiger partial charge in [0.25, 0.3) is 0 Å². The van der Waals surface area contributed by atoms with E-state index in [1.165, 1.54) is 12.8 Å². The first-order valence-corrected chi connectivity index (χ1v) is 2.91. The second kappa shape index (κ2) is 2.31. The van der Waals surface area contributed by atoms with E-state index in [9.17, 15) is 0 Å². The van der Waals surface area contributed by atoms with Gasteiger partial charge in [-0.2, -0.15) is 0 Å². The summed E-state index contributed by atoms with van der Waals surface area (Å²) in [5.41, 5.74) is 0. The van der Waals surface area contributed by atoms with Crippen molar-refractivity contribution >= 4 is 0 Å². The second-order valence-electron chi connectivity index (χ2n) is 2.09. The minimum absolute atomic E-state index is 0.0891. The summed E-state index contributed by atoms with van der Waals surface area (Å²) in [6.45, 7) is 0. The van der Waals surface area contributed by atoms with Crippen LogP contribution in [0.2, 0.25) is 0 Å². The van der Waals surface area contributed by atoms with Crippen LogP contribution < -0.4 is 0 Å². The van der Waals surface area contributed by atoms with Crippen LogP contribution in [0.3, 0.4) is 0 Å². The third kappa shape index (κ3) is 1.48. The van der Waals surface area contributed by atoms with Crippen LogP contribution in [0.15, 0.2) is 0 Å². The van der Waals surface area contributed by atoms with Gasteiger partial charge < -0.3 is 5.11 Å². The normalized spacial score (nSPS) is 25.3. The molecule has 0 aromatic rings. The number of hydrogen-bond donors (Lipinski definition) is 1. The Kier molecular flexibility index (Phi) is 1.69. The van der Waals surface area contributed by atoms with Crippen LogP contribution in [-0.4, -0.2) is 11.2 Å². The smallest absolute Gasteiger partial charge is 0.0572 e. The third-order valence-corrected chi connectivity index (χ3v) is 1.39. The molecule has 1 saturated carbocycles. The second-order valence-corrected chi connectivity index (χ2v) is 2.09. The lowest BCUT2D eigenvalue weighted by molar-refractivity contribution is 0.174. The number of aliphatic hydroxyl groups is 1. The van der Waals surface area contributed by atoms with Crippen LogP contribution in [0.4, 0.5) is 0 Å². The summed E-state index contributed by atoms with van der Waals surface area (Å²) in [6, 6.07) is 0. The van der Waals surface area contributed by atoms with Gasteiger partial charge in [0.2, 0.25) is 0 Å². The monoisotopic (exact) mass is 99.1 g/mol. The average Bonchev–Trinajstić information content (AvgIpc) is 1.69. The molecule has 1 radical (unpaired) electrons. The topological polar surface area (TPSA) is 20.2 Å². The first-order valence-electron chi connectivity index (χ1n) is 2.91. The molecule has 0 spiro atoms. The molecule has 0 heterocycles. The Bertz CT molecular complexity index is 46.1. The summed E-state index contributed by atoms with van der Waals surface area (Å²) in [7, 11) is 0. The summed E-state index contributed by atoms with van der Waals surface area (Å²) in [6.07, 6.45) is 6.48. The van der Waals surface area contributed by atoms with Crippen LogP contribution in [0.25, 0.3) is 0 Å². The van der Waals surface area contributed by atoms with Crippen molar-refractivity contribution in [2.75, 3.05) is 0 Å². The number of rotatable bonds is 0. The van der Waals surface area contributed by atoms with Crippen molar-refractivity contribution in [3.8, 4) is 0 Å². The quantitative estimate of drug-likeness (QED) is 0.482. The van der Waals surface area contributed by atoms with E-state index in [1.807, 2.05) is 6.42 Å². The van der Waals surface area contributed by atoms with Crippen LogP contribution in [0.5, 0.6) is 0 Å². The van der Waals surface area contributed by atoms with Gasteiger partial charge in [0.05, 0.1) is 6.10 Å². The lowest BCUT2D eigenvalue weighted by Gasteiger charge is -2.14. The van der Waals surface area contributed by atoms with Gasteiger partial charge >= 0.3 is 0 Å². The van der Waals surface area contributed by atoms with E-state index in [0.717, 1.165) is 12.8 Å². The maximum absolute atomic E-state index is 8.85. The Morgan fingerprint density at radius 2 is 2.29 bits per heavy atom. The highest BCUT2D eigenvalue weighted by molar-refractivity contribution is 4.79. The van der Waals surface area contributed by atoms with Crippen LogP contribution in [0, 0.1) is 6.42 Å². The molecule has 1 N–H and O–H groups in total. The first-order chi connectivity index (χ1) is 3.39. The number of aliphatic hydroxyl groups excluding tert-OH is 1. The molecule has 0 aliphatic heterocycles. The van der Waals surface area contributed by atoms with Crippen molar-refractivity contribution in [1.82, 2.24) is 0 Å². The van der Waals surface area contributed by atoms with E-state index in [-0.39, 0.29) is 6.10 Å². The Balaban J connectivity index is 2.12. The van der Waals surface area contributed by atoms with Gasteiger partial charge in [-0.3, -0.25) is 0 Å². The molecule has 1 fully saturated rings. The van der Waals surface area contributed by atoms with E-state index >= 15 is 0 Å². The summed E-state index contributed by atoms with van der Waals surface area (Å²) < 4.78 is 0. The van der Waals surface area contributed by atoms with Gasteiger partial charge in [0.1, 0.15) is 0 Å². The zero-order valence-corrected chi connectivity index (χ0v) is 4.43.